The Hall–Kier alpha value is -2.12. The Bertz CT molecular complexity index is 617. The summed E-state index contributed by atoms with van der Waals surface area (Å²) < 4.78 is 15.7. The van der Waals surface area contributed by atoms with E-state index in [-0.39, 0.29) is 24.7 Å². The van der Waals surface area contributed by atoms with Gasteiger partial charge in [-0.05, 0) is 19.4 Å². The summed E-state index contributed by atoms with van der Waals surface area (Å²) in [5.74, 6) is 0.390. The van der Waals surface area contributed by atoms with Crippen LogP contribution in [0.4, 0.5) is 0 Å². The molecule has 7 heteroatoms. The summed E-state index contributed by atoms with van der Waals surface area (Å²) in [6.45, 7) is 7.53. The number of nitrogens with zero attached hydrogens (tertiary/aromatic N) is 2. The second-order valence-electron chi connectivity index (χ2n) is 6.74. The Balaban J connectivity index is 1.95. The van der Waals surface area contributed by atoms with Gasteiger partial charge in [0.25, 0.3) is 0 Å². The number of hydrogen-bond acceptors (Lipinski definition) is 6. The van der Waals surface area contributed by atoms with Crippen LogP contribution in [0.2, 0.25) is 0 Å². The fourth-order valence-corrected chi connectivity index (χ4v) is 3.24. The van der Waals surface area contributed by atoms with E-state index in [1.165, 1.54) is 0 Å². The Labute approximate surface area is 167 Å². The molecule has 0 spiro atoms. The molecule has 28 heavy (non-hydrogen) atoms. The van der Waals surface area contributed by atoms with Gasteiger partial charge in [0.1, 0.15) is 5.75 Å². The molecule has 1 aromatic carbocycles. The van der Waals surface area contributed by atoms with Crippen LogP contribution in [0, 0.1) is 0 Å². The van der Waals surface area contributed by atoms with Gasteiger partial charge in [-0.3, -0.25) is 14.5 Å². The van der Waals surface area contributed by atoms with E-state index >= 15 is 0 Å². The molecule has 0 aliphatic carbocycles. The quantitative estimate of drug-likeness (QED) is 0.537. The highest BCUT2D eigenvalue weighted by Crippen LogP contribution is 2.20. The van der Waals surface area contributed by atoms with E-state index in [4.69, 9.17) is 14.2 Å². The average molecular weight is 392 g/mol. The molecule has 0 N–H and O–H groups in total. The van der Waals surface area contributed by atoms with Crippen LogP contribution in [-0.4, -0.2) is 74.8 Å². The van der Waals surface area contributed by atoms with Crippen molar-refractivity contribution in [2.24, 2.45) is 0 Å². The third-order valence-electron chi connectivity index (χ3n) is 4.76. The molecule has 0 saturated carbocycles. The predicted octanol–water partition coefficient (Wildman–Crippen LogP) is 2.09. The molecule has 0 bridgehead atoms. The second-order valence-corrected chi connectivity index (χ2v) is 6.74. The molecule has 1 saturated heterocycles. The maximum Gasteiger partial charge on any atom is 0.306 e. The van der Waals surface area contributed by atoms with Gasteiger partial charge in [-0.25, -0.2) is 0 Å². The predicted molar refractivity (Wildman–Crippen MR) is 106 cm³/mol. The lowest BCUT2D eigenvalue weighted by atomic mass is 10.1. The lowest BCUT2D eigenvalue weighted by Gasteiger charge is -2.28. The van der Waals surface area contributed by atoms with Crippen LogP contribution >= 0.6 is 0 Å². The van der Waals surface area contributed by atoms with Gasteiger partial charge < -0.3 is 19.1 Å². The molecule has 0 unspecified atom stereocenters. The number of rotatable bonds is 11. The van der Waals surface area contributed by atoms with Crippen LogP contribution in [-0.2, 0) is 25.6 Å². The second kappa shape index (κ2) is 12.4. The zero-order chi connectivity index (χ0) is 20.2. The number of esters is 1. The van der Waals surface area contributed by atoms with Gasteiger partial charge in [-0.1, -0.05) is 18.2 Å². The highest BCUT2D eigenvalue weighted by Gasteiger charge is 2.18. The molecule has 1 aliphatic heterocycles. The third kappa shape index (κ3) is 7.48. The van der Waals surface area contributed by atoms with Crippen LogP contribution < -0.4 is 4.74 Å². The third-order valence-corrected chi connectivity index (χ3v) is 4.76. The summed E-state index contributed by atoms with van der Waals surface area (Å²) >= 11 is 0. The Morgan fingerprint density at radius 3 is 2.64 bits per heavy atom. The van der Waals surface area contributed by atoms with Crippen LogP contribution in [0.1, 0.15) is 31.7 Å². The van der Waals surface area contributed by atoms with Crippen LogP contribution in [0.15, 0.2) is 24.3 Å². The van der Waals surface area contributed by atoms with Crippen molar-refractivity contribution in [1.82, 2.24) is 9.80 Å². The zero-order valence-corrected chi connectivity index (χ0v) is 17.0. The molecule has 0 aromatic heterocycles. The van der Waals surface area contributed by atoms with E-state index in [0.29, 0.717) is 19.7 Å². The normalized spacial score (nSPS) is 14.5. The van der Waals surface area contributed by atoms with Crippen molar-refractivity contribution < 1.29 is 23.8 Å². The summed E-state index contributed by atoms with van der Waals surface area (Å²) in [6.07, 6.45) is 1.14. The zero-order valence-electron chi connectivity index (χ0n) is 17.0. The topological polar surface area (TPSA) is 68.3 Å². The number of benzene rings is 1. The minimum absolute atomic E-state index is 0.0408. The van der Waals surface area contributed by atoms with Crippen molar-refractivity contribution in [3.8, 4) is 5.75 Å². The summed E-state index contributed by atoms with van der Waals surface area (Å²) in [5, 5.41) is 0. The standard InChI is InChI=1S/C21H32N2O5/c1-3-28-21(25)10-9-20(24)23(12-6-11-22-13-15-27-16-14-22)17-18-7-4-5-8-19(18)26-2/h4-5,7-8H,3,6,9-17H2,1-2H3. The first kappa shape index (κ1) is 22.2. The van der Waals surface area contributed by atoms with Crippen molar-refractivity contribution in [1.29, 1.82) is 0 Å². The molecule has 2 rings (SSSR count). The SMILES string of the molecule is CCOC(=O)CCC(=O)N(CCCN1CCOCC1)Cc1ccccc1OC. The number of amides is 1. The molecule has 1 amide bonds. The highest BCUT2D eigenvalue weighted by molar-refractivity contribution is 5.81. The Kier molecular flexibility index (Phi) is 9.79. The molecule has 0 atom stereocenters. The largest absolute Gasteiger partial charge is 0.496 e. The van der Waals surface area contributed by atoms with Crippen LogP contribution in [0.5, 0.6) is 5.75 Å². The van der Waals surface area contributed by atoms with Gasteiger partial charge in [0.15, 0.2) is 0 Å². The van der Waals surface area contributed by atoms with Crippen LogP contribution in [0.3, 0.4) is 0 Å². The van der Waals surface area contributed by atoms with Crippen molar-refractivity contribution in [2.75, 3.05) is 53.1 Å². The smallest absolute Gasteiger partial charge is 0.306 e. The summed E-state index contributed by atoms with van der Waals surface area (Å²) in [7, 11) is 1.63. The number of morpholine rings is 1. The molecular formula is C21H32N2O5. The van der Waals surface area contributed by atoms with Gasteiger partial charge in [-0.15, -0.1) is 0 Å². The van der Waals surface area contributed by atoms with Gasteiger partial charge in [0.2, 0.25) is 5.91 Å². The summed E-state index contributed by atoms with van der Waals surface area (Å²) in [4.78, 5) is 28.6. The van der Waals surface area contributed by atoms with E-state index in [1.54, 1.807) is 14.0 Å². The van der Waals surface area contributed by atoms with Crippen molar-refractivity contribution >= 4 is 11.9 Å². The maximum atomic E-state index is 12.8. The molecule has 1 aliphatic rings. The average Bonchev–Trinajstić information content (AvgIpc) is 2.72. The monoisotopic (exact) mass is 392 g/mol. The van der Waals surface area contributed by atoms with E-state index in [2.05, 4.69) is 4.90 Å². The fourth-order valence-electron chi connectivity index (χ4n) is 3.24. The fraction of sp³-hybridized carbons (Fsp3) is 0.619. The van der Waals surface area contributed by atoms with Gasteiger partial charge in [-0.2, -0.15) is 0 Å². The first-order valence-corrected chi connectivity index (χ1v) is 9.99. The lowest BCUT2D eigenvalue weighted by molar-refractivity contribution is -0.145. The first-order chi connectivity index (χ1) is 13.6. The molecule has 1 fully saturated rings. The van der Waals surface area contributed by atoms with Gasteiger partial charge in [0, 0.05) is 44.7 Å². The molecule has 156 valence electrons. The van der Waals surface area contributed by atoms with E-state index in [9.17, 15) is 9.59 Å². The van der Waals surface area contributed by atoms with Crippen LogP contribution in [0.25, 0.3) is 0 Å². The molecule has 7 nitrogen and oxygen atoms in total. The maximum absolute atomic E-state index is 12.8. The van der Waals surface area contributed by atoms with Gasteiger partial charge >= 0.3 is 5.97 Å². The highest BCUT2D eigenvalue weighted by atomic mass is 16.5. The number of para-hydroxylation sites is 1. The summed E-state index contributed by atoms with van der Waals surface area (Å²) in [6, 6.07) is 7.71. The lowest BCUT2D eigenvalue weighted by Crippen LogP contribution is -2.39. The number of ether oxygens (including phenoxy) is 3. The summed E-state index contributed by atoms with van der Waals surface area (Å²) in [5.41, 5.74) is 0.959. The molecule has 1 aromatic rings. The Morgan fingerprint density at radius 2 is 1.93 bits per heavy atom. The Morgan fingerprint density at radius 1 is 1.18 bits per heavy atom. The number of carbonyl (C=O) groups excluding carboxylic acids is 2. The van der Waals surface area contributed by atoms with E-state index < -0.39 is 0 Å². The molecular weight excluding hydrogens is 360 g/mol. The number of hydrogen-bond donors (Lipinski definition) is 0. The minimum atomic E-state index is -0.332. The van der Waals surface area contributed by atoms with E-state index in [0.717, 1.165) is 50.6 Å². The number of carbonyl (C=O) groups is 2. The van der Waals surface area contributed by atoms with Crippen molar-refractivity contribution in [3.63, 3.8) is 0 Å². The van der Waals surface area contributed by atoms with Crippen molar-refractivity contribution in [2.45, 2.75) is 32.7 Å². The van der Waals surface area contributed by atoms with Gasteiger partial charge in [0.05, 0.1) is 33.4 Å². The first-order valence-electron chi connectivity index (χ1n) is 9.99. The molecule has 0 radical (unpaired) electrons. The molecule has 1 heterocycles. The van der Waals surface area contributed by atoms with Crippen molar-refractivity contribution in [3.05, 3.63) is 29.8 Å². The number of methoxy groups -OCH3 is 1. The minimum Gasteiger partial charge on any atom is -0.496 e. The van der Waals surface area contributed by atoms with E-state index in [1.807, 2.05) is 29.2 Å².